The van der Waals surface area contributed by atoms with E-state index in [1.165, 1.54) is 6.92 Å². The van der Waals surface area contributed by atoms with E-state index in [0.717, 1.165) is 0 Å². The number of carboxylic acids is 1. The van der Waals surface area contributed by atoms with Gasteiger partial charge >= 0.3 is 12.0 Å². The number of carbonyl (C=O) groups excluding carboxylic acids is 2. The molecule has 2 unspecified atom stereocenters. The van der Waals surface area contributed by atoms with Crippen LogP contribution in [-0.2, 0) is 9.59 Å². The third-order valence-electron chi connectivity index (χ3n) is 2.66. The molecule has 0 heterocycles. The monoisotopic (exact) mass is 279 g/mol. The van der Waals surface area contributed by atoms with Gasteiger partial charge in [-0.2, -0.15) is 0 Å². The molecule has 20 heavy (non-hydrogen) atoms. The van der Waals surface area contributed by atoms with Gasteiger partial charge in [0.15, 0.2) is 0 Å². The molecular formula is C13H17N3O4. The molecule has 1 aromatic rings. The normalized spacial score (nSPS) is 13.1. The number of nitrogens with one attached hydrogen (secondary N) is 2. The first kappa shape index (κ1) is 15.5. The van der Waals surface area contributed by atoms with Crippen molar-refractivity contribution < 1.29 is 19.5 Å². The molecule has 5 N–H and O–H groups in total. The second-order valence-electron chi connectivity index (χ2n) is 4.30. The van der Waals surface area contributed by atoms with Gasteiger partial charge in [0, 0.05) is 0 Å². The highest BCUT2D eigenvalue weighted by atomic mass is 16.4. The highest BCUT2D eigenvalue weighted by molar-refractivity contribution is 5.85. The number of amides is 3. The summed E-state index contributed by atoms with van der Waals surface area (Å²) in [6.45, 7) is 1.44. The zero-order valence-corrected chi connectivity index (χ0v) is 11.0. The van der Waals surface area contributed by atoms with E-state index in [1.54, 1.807) is 30.3 Å². The molecular weight excluding hydrogens is 262 g/mol. The number of carboxylic acid groups (broad SMARTS) is 1. The Labute approximate surface area is 116 Å². The van der Waals surface area contributed by atoms with E-state index in [0.29, 0.717) is 5.56 Å². The van der Waals surface area contributed by atoms with Crippen LogP contribution in [0.25, 0.3) is 0 Å². The minimum absolute atomic E-state index is 0.262. The van der Waals surface area contributed by atoms with E-state index in [9.17, 15) is 14.4 Å². The fourth-order valence-electron chi connectivity index (χ4n) is 1.58. The van der Waals surface area contributed by atoms with Crippen molar-refractivity contribution in [1.82, 2.24) is 10.6 Å². The zero-order valence-electron chi connectivity index (χ0n) is 11.0. The highest BCUT2D eigenvalue weighted by Gasteiger charge is 2.19. The second-order valence-corrected chi connectivity index (χ2v) is 4.30. The van der Waals surface area contributed by atoms with Gasteiger partial charge in [-0.15, -0.1) is 0 Å². The van der Waals surface area contributed by atoms with E-state index >= 15 is 0 Å². The number of hydrogen-bond donors (Lipinski definition) is 4. The highest BCUT2D eigenvalue weighted by Crippen LogP contribution is 2.16. The summed E-state index contributed by atoms with van der Waals surface area (Å²) in [6.07, 6.45) is -0.262. The Balaban J connectivity index is 2.73. The Morgan fingerprint density at radius 3 is 2.30 bits per heavy atom. The molecule has 0 aliphatic heterocycles. The number of urea groups is 1. The van der Waals surface area contributed by atoms with Crippen LogP contribution in [0.1, 0.15) is 24.9 Å². The summed E-state index contributed by atoms with van der Waals surface area (Å²) in [4.78, 5) is 33.4. The third-order valence-corrected chi connectivity index (χ3v) is 2.66. The first-order valence-electron chi connectivity index (χ1n) is 6.03. The van der Waals surface area contributed by atoms with Gasteiger partial charge in [-0.25, -0.2) is 4.79 Å². The number of nitrogens with two attached hydrogens (primary N) is 1. The van der Waals surface area contributed by atoms with Crippen LogP contribution in [0.5, 0.6) is 0 Å². The fraction of sp³-hybridized carbons (Fsp3) is 0.308. The first-order valence-corrected chi connectivity index (χ1v) is 6.03. The topological polar surface area (TPSA) is 122 Å². The minimum atomic E-state index is -1.04. The van der Waals surface area contributed by atoms with E-state index in [4.69, 9.17) is 10.8 Å². The molecule has 1 rings (SSSR count). The molecule has 0 aliphatic carbocycles. The lowest BCUT2D eigenvalue weighted by atomic mass is 10.0. The van der Waals surface area contributed by atoms with E-state index < -0.39 is 30.0 Å². The van der Waals surface area contributed by atoms with Gasteiger partial charge in [0.2, 0.25) is 5.91 Å². The van der Waals surface area contributed by atoms with Gasteiger partial charge < -0.3 is 21.5 Å². The molecule has 7 heteroatoms. The van der Waals surface area contributed by atoms with Gasteiger partial charge in [0.1, 0.15) is 6.04 Å². The first-order chi connectivity index (χ1) is 9.40. The SMILES string of the molecule is CC(NC(=O)NC(CC(=O)O)c1ccccc1)C(N)=O. The Morgan fingerprint density at radius 2 is 1.80 bits per heavy atom. The largest absolute Gasteiger partial charge is 0.481 e. The lowest BCUT2D eigenvalue weighted by molar-refractivity contribution is -0.137. The summed E-state index contributed by atoms with van der Waals surface area (Å²) in [7, 11) is 0. The molecule has 0 saturated heterocycles. The Hall–Kier alpha value is -2.57. The Kier molecular flexibility index (Phi) is 5.52. The lowest BCUT2D eigenvalue weighted by Crippen LogP contribution is -2.47. The number of benzene rings is 1. The van der Waals surface area contributed by atoms with Crippen molar-refractivity contribution in [2.24, 2.45) is 5.73 Å². The van der Waals surface area contributed by atoms with Gasteiger partial charge in [0.05, 0.1) is 12.5 Å². The van der Waals surface area contributed by atoms with Crippen LogP contribution in [0.4, 0.5) is 4.79 Å². The van der Waals surface area contributed by atoms with Crippen molar-refractivity contribution in [2.75, 3.05) is 0 Å². The maximum absolute atomic E-state index is 11.7. The van der Waals surface area contributed by atoms with Crippen LogP contribution in [0.3, 0.4) is 0 Å². The number of carbonyl (C=O) groups is 3. The molecule has 1 aromatic carbocycles. The van der Waals surface area contributed by atoms with Gasteiger partial charge in [-0.05, 0) is 12.5 Å². The van der Waals surface area contributed by atoms with Crippen LogP contribution in [-0.4, -0.2) is 29.1 Å². The standard InChI is InChI=1S/C13H17N3O4/c1-8(12(14)19)15-13(20)16-10(7-11(17)18)9-5-3-2-4-6-9/h2-6,8,10H,7H2,1H3,(H2,14,19)(H,17,18)(H2,15,16,20). The number of hydrogen-bond acceptors (Lipinski definition) is 3. The summed E-state index contributed by atoms with van der Waals surface area (Å²) in [5, 5.41) is 13.7. The summed E-state index contributed by atoms with van der Waals surface area (Å²) in [5.41, 5.74) is 5.70. The predicted molar refractivity (Wildman–Crippen MR) is 71.8 cm³/mol. The van der Waals surface area contributed by atoms with Crippen LogP contribution in [0, 0.1) is 0 Å². The molecule has 0 fully saturated rings. The van der Waals surface area contributed by atoms with Crippen molar-refractivity contribution in [2.45, 2.75) is 25.4 Å². The third kappa shape index (κ3) is 4.97. The van der Waals surface area contributed by atoms with Gasteiger partial charge in [-0.1, -0.05) is 30.3 Å². The molecule has 2 atom stereocenters. The lowest BCUT2D eigenvalue weighted by Gasteiger charge is -2.19. The van der Waals surface area contributed by atoms with Gasteiger partial charge in [-0.3, -0.25) is 9.59 Å². The maximum Gasteiger partial charge on any atom is 0.315 e. The van der Waals surface area contributed by atoms with Crippen molar-refractivity contribution in [3.8, 4) is 0 Å². The number of primary amides is 1. The molecule has 3 amide bonds. The van der Waals surface area contributed by atoms with Crippen molar-refractivity contribution in [1.29, 1.82) is 0 Å². The Morgan fingerprint density at radius 1 is 1.20 bits per heavy atom. The van der Waals surface area contributed by atoms with E-state index in [2.05, 4.69) is 10.6 Å². The second kappa shape index (κ2) is 7.13. The fourth-order valence-corrected chi connectivity index (χ4v) is 1.58. The minimum Gasteiger partial charge on any atom is -0.481 e. The van der Waals surface area contributed by atoms with Crippen LogP contribution in [0.15, 0.2) is 30.3 Å². The number of aliphatic carboxylic acids is 1. The van der Waals surface area contributed by atoms with Crippen LogP contribution in [0.2, 0.25) is 0 Å². The predicted octanol–water partition coefficient (Wildman–Crippen LogP) is 0.375. The molecule has 0 bridgehead atoms. The zero-order chi connectivity index (χ0) is 15.1. The van der Waals surface area contributed by atoms with Crippen molar-refractivity contribution in [3.05, 3.63) is 35.9 Å². The van der Waals surface area contributed by atoms with E-state index in [-0.39, 0.29) is 6.42 Å². The van der Waals surface area contributed by atoms with Crippen molar-refractivity contribution >= 4 is 17.9 Å². The summed E-state index contributed by atoms with van der Waals surface area (Å²) in [5.74, 6) is -1.71. The van der Waals surface area contributed by atoms with Gasteiger partial charge in [0.25, 0.3) is 0 Å². The summed E-state index contributed by atoms with van der Waals surface area (Å²) < 4.78 is 0. The summed E-state index contributed by atoms with van der Waals surface area (Å²) >= 11 is 0. The molecule has 0 aliphatic rings. The molecule has 0 aromatic heterocycles. The quantitative estimate of drug-likeness (QED) is 0.601. The molecule has 7 nitrogen and oxygen atoms in total. The molecule has 0 spiro atoms. The van der Waals surface area contributed by atoms with Crippen molar-refractivity contribution in [3.63, 3.8) is 0 Å². The average Bonchev–Trinajstić information content (AvgIpc) is 2.38. The van der Waals surface area contributed by atoms with Crippen LogP contribution >= 0.6 is 0 Å². The molecule has 0 radical (unpaired) electrons. The number of rotatable bonds is 6. The molecule has 108 valence electrons. The Bertz CT molecular complexity index is 490. The average molecular weight is 279 g/mol. The maximum atomic E-state index is 11.7. The van der Waals surface area contributed by atoms with Crippen LogP contribution < -0.4 is 16.4 Å². The van der Waals surface area contributed by atoms with E-state index in [1.807, 2.05) is 0 Å². The molecule has 0 saturated carbocycles. The summed E-state index contributed by atoms with van der Waals surface area (Å²) in [6, 6.07) is 6.54. The smallest absolute Gasteiger partial charge is 0.315 e.